The average Bonchev–Trinajstić information content (AvgIpc) is 3.61. The van der Waals surface area contributed by atoms with E-state index < -0.39 is 11.9 Å². The van der Waals surface area contributed by atoms with E-state index in [1.165, 1.54) is 11.9 Å². The summed E-state index contributed by atoms with van der Waals surface area (Å²) in [5.41, 5.74) is -0.0693. The van der Waals surface area contributed by atoms with Gasteiger partial charge in [-0.05, 0) is 110 Å². The molecule has 5 fully saturated rings. The Kier molecular flexibility index (Phi) is 9.85. The number of rotatable bonds is 9. The summed E-state index contributed by atoms with van der Waals surface area (Å²) in [5.74, 6) is 2.51. The van der Waals surface area contributed by atoms with Crippen LogP contribution in [-0.2, 0) is 14.3 Å². The van der Waals surface area contributed by atoms with E-state index in [2.05, 4.69) is 77.2 Å². The van der Waals surface area contributed by atoms with Crippen molar-refractivity contribution >= 4 is 23.6 Å². The molecular formula is C41H65N5O5S. The molecule has 0 aromatic carbocycles. The topological polar surface area (TPSA) is 128 Å². The Morgan fingerprint density at radius 2 is 1.79 bits per heavy atom. The quantitative estimate of drug-likeness (QED) is 0.239. The molecule has 0 unspecified atom stereocenters. The normalized spacial score (nSPS) is 43.0. The Balaban J connectivity index is 1.33. The molecule has 7 rings (SSSR count). The molecule has 0 radical (unpaired) electrons. The number of aliphatic carboxylic acids is 1. The average molecular weight is 740 g/mol. The number of carboxylic acids is 1. The van der Waals surface area contributed by atoms with Crippen LogP contribution in [-0.4, -0.2) is 88.8 Å². The number of nitrogens with zero attached hydrogens (tertiary/aromatic N) is 3. The highest BCUT2D eigenvalue weighted by molar-refractivity contribution is 7.99. The first-order valence-electron chi connectivity index (χ1n) is 20.1. The summed E-state index contributed by atoms with van der Waals surface area (Å²) in [6, 6.07) is -0.221. The van der Waals surface area contributed by atoms with E-state index in [4.69, 9.17) is 14.6 Å². The summed E-state index contributed by atoms with van der Waals surface area (Å²) in [6.07, 6.45) is 11.4. The Labute approximate surface area is 315 Å². The standard InChI is InChI=1S/C41H65N5O5S/c1-25(2)26(3)36(4)14-15-38(6)27-10-11-30-37(5)21-50-23-41(30,28(27)12-13-39(38,7)31(36)35(48)49)20-29(46-33(34(47)42-8)44-24-45-46)32(37)51-22-40(43-9)16-18-52-19-17-40/h12,24-27,29-32,43H,10-11,13-23H2,1-9H3,(H,42,47)(H,48,49)/t26-,27+,29-,30+,31-,32+,36-,37-,38-,39+,41+/m1/s1. The van der Waals surface area contributed by atoms with Gasteiger partial charge in [0.25, 0.3) is 5.91 Å². The number of thioether (sulfide) groups is 1. The van der Waals surface area contributed by atoms with Gasteiger partial charge in [-0.25, -0.2) is 9.67 Å². The second-order valence-corrected chi connectivity index (χ2v) is 20.3. The molecule has 290 valence electrons. The largest absolute Gasteiger partial charge is 0.481 e. The third-order valence-corrected chi connectivity index (χ3v) is 17.9. The molecule has 3 heterocycles. The monoisotopic (exact) mass is 739 g/mol. The summed E-state index contributed by atoms with van der Waals surface area (Å²) >= 11 is 2.01. The second kappa shape index (κ2) is 13.4. The van der Waals surface area contributed by atoms with Crippen LogP contribution in [0, 0.1) is 56.7 Å². The van der Waals surface area contributed by atoms with E-state index in [9.17, 15) is 14.7 Å². The minimum Gasteiger partial charge on any atom is -0.481 e. The lowest BCUT2D eigenvalue weighted by Gasteiger charge is -2.71. The first-order chi connectivity index (χ1) is 24.6. The van der Waals surface area contributed by atoms with Crippen LogP contribution < -0.4 is 10.6 Å². The van der Waals surface area contributed by atoms with E-state index in [0.717, 1.165) is 62.9 Å². The van der Waals surface area contributed by atoms with Crippen LogP contribution in [0.3, 0.4) is 0 Å². The lowest BCUT2D eigenvalue weighted by Crippen LogP contribution is -2.69. The summed E-state index contributed by atoms with van der Waals surface area (Å²) in [4.78, 5) is 31.3. The van der Waals surface area contributed by atoms with Gasteiger partial charge in [0.15, 0.2) is 0 Å². The third-order valence-electron chi connectivity index (χ3n) is 16.9. The number of aromatic nitrogens is 3. The first-order valence-corrected chi connectivity index (χ1v) is 21.2. The van der Waals surface area contributed by atoms with Crippen molar-refractivity contribution in [2.45, 2.75) is 118 Å². The van der Waals surface area contributed by atoms with Crippen LogP contribution in [0.25, 0.3) is 0 Å². The van der Waals surface area contributed by atoms with Crippen molar-refractivity contribution in [2.24, 2.45) is 56.7 Å². The highest BCUT2D eigenvalue weighted by atomic mass is 32.2. The van der Waals surface area contributed by atoms with Crippen molar-refractivity contribution in [1.82, 2.24) is 25.4 Å². The Bertz CT molecular complexity index is 1580. The van der Waals surface area contributed by atoms with E-state index in [-0.39, 0.29) is 56.6 Å². The van der Waals surface area contributed by atoms with Crippen molar-refractivity contribution in [3.63, 3.8) is 0 Å². The molecular weight excluding hydrogens is 675 g/mol. The van der Waals surface area contributed by atoms with Gasteiger partial charge in [0, 0.05) is 23.4 Å². The maximum Gasteiger partial charge on any atom is 0.307 e. The number of fused-ring (bicyclic) bond motifs is 3. The molecule has 0 spiro atoms. The summed E-state index contributed by atoms with van der Waals surface area (Å²) in [7, 11) is 3.71. The Hall–Kier alpha value is -1.95. The zero-order chi connectivity index (χ0) is 37.5. The van der Waals surface area contributed by atoms with Crippen molar-refractivity contribution in [1.29, 1.82) is 0 Å². The van der Waals surface area contributed by atoms with Crippen molar-refractivity contribution in [2.75, 3.05) is 45.4 Å². The van der Waals surface area contributed by atoms with Crippen LogP contribution in [0.1, 0.15) is 116 Å². The van der Waals surface area contributed by atoms with Crippen LogP contribution >= 0.6 is 11.8 Å². The fraction of sp³-hybridized carbons (Fsp3) is 0.854. The molecule has 1 aromatic heterocycles. The number of allylic oxidation sites excluding steroid dienone is 1. The molecule has 2 aliphatic heterocycles. The van der Waals surface area contributed by atoms with E-state index in [1.54, 1.807) is 7.05 Å². The zero-order valence-corrected chi connectivity index (χ0v) is 34.0. The van der Waals surface area contributed by atoms with Gasteiger partial charge in [0.2, 0.25) is 5.82 Å². The van der Waals surface area contributed by atoms with E-state index in [0.29, 0.717) is 43.4 Å². The Morgan fingerprint density at radius 3 is 2.44 bits per heavy atom. The highest BCUT2D eigenvalue weighted by Crippen LogP contribution is 2.75. The minimum atomic E-state index is -0.637. The second-order valence-electron chi connectivity index (χ2n) is 19.1. The van der Waals surface area contributed by atoms with Gasteiger partial charge >= 0.3 is 5.97 Å². The maximum absolute atomic E-state index is 13.5. The predicted molar refractivity (Wildman–Crippen MR) is 204 cm³/mol. The van der Waals surface area contributed by atoms with E-state index in [1.807, 2.05) is 16.4 Å². The summed E-state index contributed by atoms with van der Waals surface area (Å²) in [5, 5.41) is 22.3. The van der Waals surface area contributed by atoms with Gasteiger partial charge in [-0.2, -0.15) is 16.9 Å². The van der Waals surface area contributed by atoms with E-state index >= 15 is 0 Å². The molecule has 6 aliphatic rings. The Morgan fingerprint density at radius 1 is 1.06 bits per heavy atom. The number of carbonyl (C=O) groups excluding carboxylic acids is 1. The number of likely N-dealkylation sites (N-methyl/N-ethyl adjacent to an activating group) is 1. The molecule has 11 atom stereocenters. The number of nitrogens with one attached hydrogen (secondary N) is 2. The zero-order valence-electron chi connectivity index (χ0n) is 33.2. The number of ether oxygens (including phenoxy) is 2. The minimum absolute atomic E-state index is 0.0892. The van der Waals surface area contributed by atoms with Crippen molar-refractivity contribution in [3.05, 3.63) is 23.8 Å². The summed E-state index contributed by atoms with van der Waals surface area (Å²) < 4.78 is 15.9. The fourth-order valence-electron chi connectivity index (χ4n) is 13.4. The van der Waals surface area contributed by atoms with Crippen LogP contribution in [0.5, 0.6) is 0 Å². The van der Waals surface area contributed by atoms with Crippen LogP contribution in [0.15, 0.2) is 18.0 Å². The molecule has 10 nitrogen and oxygen atoms in total. The van der Waals surface area contributed by atoms with Crippen molar-refractivity contribution < 1.29 is 24.2 Å². The van der Waals surface area contributed by atoms with Crippen molar-refractivity contribution in [3.8, 4) is 0 Å². The third kappa shape index (κ3) is 5.35. The van der Waals surface area contributed by atoms with Crippen LogP contribution in [0.2, 0.25) is 0 Å². The number of hydrogen-bond donors (Lipinski definition) is 3. The molecule has 2 saturated heterocycles. The molecule has 52 heavy (non-hydrogen) atoms. The number of carbonyl (C=O) groups is 2. The van der Waals surface area contributed by atoms with Gasteiger partial charge in [-0.15, -0.1) is 0 Å². The molecule has 4 aliphatic carbocycles. The SMILES string of the molecule is CNC(=O)c1ncnn1[C@@H]1C[C@@]23COC[C@](C)([C@@H]2CC[C@H]2C3=CC[C@@]3(C)[C@H](C(=O)O)[C@@](C)([C@H](C)C(C)C)CC[C@]23C)[C@H]1OCC1(NC)CCSCC1. The maximum atomic E-state index is 13.5. The van der Waals surface area contributed by atoms with Crippen LogP contribution in [0.4, 0.5) is 0 Å². The molecule has 11 heteroatoms. The first kappa shape index (κ1) is 38.3. The molecule has 1 aromatic rings. The molecule has 1 amide bonds. The lowest BCUT2D eigenvalue weighted by atomic mass is 9.34. The van der Waals surface area contributed by atoms with Gasteiger partial charge in [-0.1, -0.05) is 60.1 Å². The van der Waals surface area contributed by atoms with Gasteiger partial charge < -0.3 is 25.2 Å². The number of carboxylic acid groups (broad SMARTS) is 1. The number of hydrogen-bond acceptors (Lipinski definition) is 8. The molecule has 2 bridgehead atoms. The number of amides is 1. The van der Waals surface area contributed by atoms with Gasteiger partial charge in [0.1, 0.15) is 6.33 Å². The highest BCUT2D eigenvalue weighted by Gasteiger charge is 2.72. The predicted octanol–water partition coefficient (Wildman–Crippen LogP) is 6.64. The fourth-order valence-corrected chi connectivity index (χ4v) is 14.6. The lowest BCUT2D eigenvalue weighted by molar-refractivity contribution is -0.253. The molecule has 3 N–H and O–H groups in total. The summed E-state index contributed by atoms with van der Waals surface area (Å²) in [6.45, 7) is 18.0. The van der Waals surface area contributed by atoms with Gasteiger partial charge in [-0.3, -0.25) is 9.59 Å². The smallest absolute Gasteiger partial charge is 0.307 e. The molecule has 3 saturated carbocycles. The van der Waals surface area contributed by atoms with Gasteiger partial charge in [0.05, 0.1) is 37.9 Å².